The molecular weight excluding hydrogens is 242 g/mol. The van der Waals surface area contributed by atoms with Gasteiger partial charge in [-0.2, -0.15) is 0 Å². The van der Waals surface area contributed by atoms with Gasteiger partial charge in [-0.15, -0.1) is 0 Å². The van der Waals surface area contributed by atoms with E-state index in [0.29, 0.717) is 13.0 Å². The first-order valence-corrected chi connectivity index (χ1v) is 6.84. The first kappa shape index (κ1) is 12.6. The van der Waals surface area contributed by atoms with Crippen LogP contribution in [-0.4, -0.2) is 29.8 Å². The molecule has 0 radical (unpaired) electrons. The number of ether oxygens (including phenoxy) is 1. The third kappa shape index (κ3) is 2.26. The molecule has 3 rings (SSSR count). The fourth-order valence-electron chi connectivity index (χ4n) is 3.08. The Bertz CT molecular complexity index is 488. The van der Waals surface area contributed by atoms with E-state index in [1.165, 1.54) is 0 Å². The second kappa shape index (κ2) is 4.94. The van der Waals surface area contributed by atoms with Crippen LogP contribution in [0.15, 0.2) is 24.3 Å². The zero-order valence-electron chi connectivity index (χ0n) is 11.0. The van der Waals surface area contributed by atoms with E-state index < -0.39 is 6.10 Å². The molecule has 0 saturated carbocycles. The molecule has 1 aliphatic carbocycles. The fraction of sp³-hybridized carbons (Fsp3) is 0.533. The third-order valence-corrected chi connectivity index (χ3v) is 4.21. The summed E-state index contributed by atoms with van der Waals surface area (Å²) in [6.45, 7) is 2.57. The number of benzene rings is 1. The molecule has 2 N–H and O–H groups in total. The summed E-state index contributed by atoms with van der Waals surface area (Å²) in [7, 11) is 0. The maximum Gasteiger partial charge on any atom is 0.226 e. The van der Waals surface area contributed by atoms with E-state index in [1.807, 2.05) is 31.2 Å². The zero-order chi connectivity index (χ0) is 13.4. The number of nitrogens with one attached hydrogen (secondary N) is 1. The molecule has 0 spiro atoms. The van der Waals surface area contributed by atoms with Crippen LogP contribution in [0.1, 0.15) is 30.5 Å². The van der Waals surface area contributed by atoms with Gasteiger partial charge in [0.1, 0.15) is 0 Å². The van der Waals surface area contributed by atoms with Crippen LogP contribution in [0, 0.1) is 5.92 Å². The van der Waals surface area contributed by atoms with Crippen molar-refractivity contribution in [3.05, 3.63) is 35.4 Å². The molecule has 102 valence electrons. The monoisotopic (exact) mass is 261 g/mol. The van der Waals surface area contributed by atoms with E-state index in [-0.39, 0.29) is 24.0 Å². The summed E-state index contributed by atoms with van der Waals surface area (Å²) in [5.41, 5.74) is 2.16. The molecule has 4 atom stereocenters. The van der Waals surface area contributed by atoms with Crippen molar-refractivity contribution in [2.24, 2.45) is 5.92 Å². The molecule has 19 heavy (non-hydrogen) atoms. The molecule has 1 saturated heterocycles. The Balaban J connectivity index is 1.75. The summed E-state index contributed by atoms with van der Waals surface area (Å²) in [4.78, 5) is 12.3. The number of carbonyl (C=O) groups is 1. The van der Waals surface area contributed by atoms with E-state index >= 15 is 0 Å². The lowest BCUT2D eigenvalue weighted by molar-refractivity contribution is -0.127. The van der Waals surface area contributed by atoms with Crippen molar-refractivity contribution >= 4 is 5.91 Å². The van der Waals surface area contributed by atoms with E-state index in [4.69, 9.17) is 4.74 Å². The second-order valence-electron chi connectivity index (χ2n) is 5.43. The number of hydrogen-bond acceptors (Lipinski definition) is 3. The molecule has 1 aromatic rings. The highest BCUT2D eigenvalue weighted by molar-refractivity contribution is 5.80. The minimum absolute atomic E-state index is 0.00856. The van der Waals surface area contributed by atoms with Crippen LogP contribution in [0.2, 0.25) is 0 Å². The third-order valence-electron chi connectivity index (χ3n) is 4.21. The number of hydrogen-bond donors (Lipinski definition) is 2. The van der Waals surface area contributed by atoms with Crippen LogP contribution in [-0.2, 0) is 16.0 Å². The average Bonchev–Trinajstić information content (AvgIpc) is 2.94. The Labute approximate surface area is 112 Å². The maximum atomic E-state index is 12.3. The van der Waals surface area contributed by atoms with Crippen molar-refractivity contribution in [1.82, 2.24) is 5.32 Å². The van der Waals surface area contributed by atoms with Crippen molar-refractivity contribution < 1.29 is 14.6 Å². The van der Waals surface area contributed by atoms with Gasteiger partial charge in [-0.05, 0) is 24.5 Å². The quantitative estimate of drug-likeness (QED) is 0.840. The van der Waals surface area contributed by atoms with E-state index in [1.54, 1.807) is 0 Å². The summed E-state index contributed by atoms with van der Waals surface area (Å²) in [5.74, 6) is -0.106. The van der Waals surface area contributed by atoms with Crippen LogP contribution in [0.25, 0.3) is 0 Å². The number of amides is 1. The standard InChI is InChI=1S/C15H19NO3/c1-9-11(6-7-19-9)15(18)16-14-12-5-3-2-4-10(12)8-13(14)17/h2-5,9,11,13-14,17H,6-8H2,1H3,(H,16,18). The zero-order valence-corrected chi connectivity index (χ0v) is 11.0. The number of carbonyl (C=O) groups excluding carboxylic acids is 1. The molecule has 0 bridgehead atoms. The summed E-state index contributed by atoms with van der Waals surface area (Å²) >= 11 is 0. The van der Waals surface area contributed by atoms with Gasteiger partial charge < -0.3 is 15.2 Å². The topological polar surface area (TPSA) is 58.6 Å². The van der Waals surface area contributed by atoms with Crippen molar-refractivity contribution in [2.75, 3.05) is 6.61 Å². The van der Waals surface area contributed by atoms with Gasteiger partial charge in [-0.25, -0.2) is 0 Å². The lowest BCUT2D eigenvalue weighted by Crippen LogP contribution is -2.39. The molecule has 1 amide bonds. The lowest BCUT2D eigenvalue weighted by atomic mass is 10.00. The largest absolute Gasteiger partial charge is 0.390 e. The second-order valence-corrected chi connectivity index (χ2v) is 5.43. The van der Waals surface area contributed by atoms with Crippen LogP contribution in [0.4, 0.5) is 0 Å². The number of aliphatic hydroxyl groups excluding tert-OH is 1. The number of fused-ring (bicyclic) bond motifs is 1. The van der Waals surface area contributed by atoms with E-state index in [9.17, 15) is 9.90 Å². The van der Waals surface area contributed by atoms with Gasteiger partial charge in [0.05, 0.1) is 24.2 Å². The van der Waals surface area contributed by atoms with Crippen LogP contribution >= 0.6 is 0 Å². The smallest absolute Gasteiger partial charge is 0.226 e. The van der Waals surface area contributed by atoms with E-state index in [0.717, 1.165) is 17.5 Å². The average molecular weight is 261 g/mol. The normalized spacial score (nSPS) is 33.2. The summed E-state index contributed by atoms with van der Waals surface area (Å²) in [6.07, 6.45) is 0.808. The predicted octanol–water partition coefficient (Wildman–Crippen LogP) is 1.19. The molecule has 1 fully saturated rings. The van der Waals surface area contributed by atoms with Crippen molar-refractivity contribution in [2.45, 2.75) is 38.0 Å². The van der Waals surface area contributed by atoms with Gasteiger partial charge in [0.2, 0.25) is 5.91 Å². The van der Waals surface area contributed by atoms with Gasteiger partial charge in [0.15, 0.2) is 0 Å². The first-order valence-electron chi connectivity index (χ1n) is 6.84. The summed E-state index contributed by atoms with van der Waals surface area (Å²) in [5, 5.41) is 13.1. The number of rotatable bonds is 2. The van der Waals surface area contributed by atoms with Gasteiger partial charge in [0.25, 0.3) is 0 Å². The van der Waals surface area contributed by atoms with Crippen LogP contribution < -0.4 is 5.32 Å². The minimum Gasteiger partial charge on any atom is -0.390 e. The van der Waals surface area contributed by atoms with Crippen molar-refractivity contribution in [1.29, 1.82) is 0 Å². The fourth-order valence-corrected chi connectivity index (χ4v) is 3.08. The number of aliphatic hydroxyl groups is 1. The Morgan fingerprint density at radius 3 is 2.95 bits per heavy atom. The Morgan fingerprint density at radius 2 is 2.21 bits per heavy atom. The Kier molecular flexibility index (Phi) is 3.29. The van der Waals surface area contributed by atoms with Crippen molar-refractivity contribution in [3.63, 3.8) is 0 Å². The highest BCUT2D eigenvalue weighted by Gasteiger charge is 2.36. The molecular formula is C15H19NO3. The van der Waals surface area contributed by atoms with Gasteiger partial charge >= 0.3 is 0 Å². The molecule has 1 aliphatic heterocycles. The molecule has 2 aliphatic rings. The molecule has 0 aromatic heterocycles. The maximum absolute atomic E-state index is 12.3. The SMILES string of the molecule is CC1OCCC1C(=O)NC1c2ccccc2CC1O. The van der Waals surface area contributed by atoms with Gasteiger partial charge in [-0.1, -0.05) is 24.3 Å². The van der Waals surface area contributed by atoms with Gasteiger partial charge in [0, 0.05) is 13.0 Å². The van der Waals surface area contributed by atoms with Crippen LogP contribution in [0.3, 0.4) is 0 Å². The minimum atomic E-state index is -0.529. The first-order chi connectivity index (χ1) is 9.16. The highest BCUT2D eigenvalue weighted by atomic mass is 16.5. The Hall–Kier alpha value is -1.39. The molecule has 4 unspecified atom stereocenters. The molecule has 4 heteroatoms. The van der Waals surface area contributed by atoms with E-state index in [2.05, 4.69) is 5.32 Å². The van der Waals surface area contributed by atoms with Crippen LogP contribution in [0.5, 0.6) is 0 Å². The Morgan fingerprint density at radius 1 is 1.42 bits per heavy atom. The van der Waals surface area contributed by atoms with Gasteiger partial charge in [-0.3, -0.25) is 4.79 Å². The lowest BCUT2D eigenvalue weighted by Gasteiger charge is -2.21. The molecule has 1 heterocycles. The molecule has 1 aromatic carbocycles. The van der Waals surface area contributed by atoms with Crippen molar-refractivity contribution in [3.8, 4) is 0 Å². The summed E-state index contributed by atoms with van der Waals surface area (Å²) < 4.78 is 5.42. The highest BCUT2D eigenvalue weighted by Crippen LogP contribution is 2.32. The summed E-state index contributed by atoms with van der Waals surface area (Å²) in [6, 6.07) is 7.60. The molecule has 4 nitrogen and oxygen atoms in total. The predicted molar refractivity (Wildman–Crippen MR) is 70.6 cm³/mol.